The van der Waals surface area contributed by atoms with Crippen LogP contribution in [0.15, 0.2) is 54.6 Å². The fourth-order valence-corrected chi connectivity index (χ4v) is 4.31. The van der Waals surface area contributed by atoms with E-state index in [4.69, 9.17) is 16.3 Å². The first-order chi connectivity index (χ1) is 17.3. The molecule has 10 heteroatoms. The Hall–Kier alpha value is -3.59. The molecule has 3 atom stereocenters. The Morgan fingerprint density at radius 2 is 1.83 bits per heavy atom. The van der Waals surface area contributed by atoms with Crippen molar-refractivity contribution in [2.75, 3.05) is 6.54 Å². The number of rotatable bonds is 11. The van der Waals surface area contributed by atoms with Crippen molar-refractivity contribution in [1.29, 1.82) is 0 Å². The number of amides is 3. The second-order valence-corrected chi connectivity index (χ2v) is 9.09. The van der Waals surface area contributed by atoms with E-state index in [9.17, 15) is 24.3 Å². The van der Waals surface area contributed by atoms with Crippen molar-refractivity contribution < 1.29 is 29.0 Å². The molecule has 36 heavy (non-hydrogen) atoms. The standard InChI is InChI=1S/C26H30ClN3O6/c27-19-10-4-9-18(15-19)23(31)30-22(24(32)29-21-12-5-11-20(21)25(33)34)13-6-14-28-26(35)36-16-17-7-2-1-3-8-17/h1-4,7-10,15,20-22H,5-6,11-14,16H2,(H,28,35)(H,29,32)(H,30,31)(H,33,34)/t20-,21+,22+/m1/s1. The van der Waals surface area contributed by atoms with Crippen LogP contribution < -0.4 is 16.0 Å². The van der Waals surface area contributed by atoms with Crippen molar-refractivity contribution in [2.24, 2.45) is 5.92 Å². The summed E-state index contributed by atoms with van der Waals surface area (Å²) < 4.78 is 5.17. The molecule has 1 aliphatic carbocycles. The molecule has 0 saturated heterocycles. The minimum absolute atomic E-state index is 0.138. The fraction of sp³-hybridized carbons (Fsp3) is 0.385. The van der Waals surface area contributed by atoms with Gasteiger partial charge in [0.05, 0.1) is 5.92 Å². The largest absolute Gasteiger partial charge is 0.481 e. The Morgan fingerprint density at radius 3 is 2.56 bits per heavy atom. The third-order valence-electron chi connectivity index (χ3n) is 6.02. The van der Waals surface area contributed by atoms with Gasteiger partial charge in [0, 0.05) is 23.2 Å². The van der Waals surface area contributed by atoms with E-state index in [2.05, 4.69) is 16.0 Å². The van der Waals surface area contributed by atoms with Gasteiger partial charge in [-0.3, -0.25) is 14.4 Å². The molecule has 0 radical (unpaired) electrons. The minimum atomic E-state index is -0.949. The molecule has 0 heterocycles. The lowest BCUT2D eigenvalue weighted by atomic mass is 10.0. The number of carbonyl (C=O) groups is 4. The van der Waals surface area contributed by atoms with Crippen molar-refractivity contribution in [3.8, 4) is 0 Å². The molecule has 2 aromatic rings. The van der Waals surface area contributed by atoms with Gasteiger partial charge in [-0.15, -0.1) is 0 Å². The van der Waals surface area contributed by atoms with Crippen LogP contribution in [0.1, 0.15) is 48.0 Å². The van der Waals surface area contributed by atoms with E-state index < -0.39 is 41.9 Å². The van der Waals surface area contributed by atoms with E-state index in [0.29, 0.717) is 36.3 Å². The quantitative estimate of drug-likeness (QED) is 0.338. The molecule has 1 saturated carbocycles. The molecule has 2 aromatic carbocycles. The maximum Gasteiger partial charge on any atom is 0.407 e. The van der Waals surface area contributed by atoms with Crippen LogP contribution in [-0.2, 0) is 20.9 Å². The van der Waals surface area contributed by atoms with Gasteiger partial charge < -0.3 is 25.8 Å². The Labute approximate surface area is 214 Å². The maximum absolute atomic E-state index is 13.0. The lowest BCUT2D eigenvalue weighted by molar-refractivity contribution is -0.142. The topological polar surface area (TPSA) is 134 Å². The number of hydrogen-bond acceptors (Lipinski definition) is 5. The highest BCUT2D eigenvalue weighted by Gasteiger charge is 2.35. The van der Waals surface area contributed by atoms with Crippen LogP contribution in [-0.4, -0.2) is 47.6 Å². The van der Waals surface area contributed by atoms with Gasteiger partial charge >= 0.3 is 12.1 Å². The second kappa shape index (κ2) is 13.5. The molecule has 192 valence electrons. The molecule has 3 rings (SSSR count). The number of hydrogen-bond donors (Lipinski definition) is 4. The molecule has 0 aromatic heterocycles. The van der Waals surface area contributed by atoms with Gasteiger partial charge in [0.25, 0.3) is 5.91 Å². The lowest BCUT2D eigenvalue weighted by Gasteiger charge is -2.23. The lowest BCUT2D eigenvalue weighted by Crippen LogP contribution is -2.51. The molecule has 0 aliphatic heterocycles. The van der Waals surface area contributed by atoms with Gasteiger partial charge in [0.2, 0.25) is 5.91 Å². The number of aliphatic carboxylic acids is 1. The van der Waals surface area contributed by atoms with Crippen LogP contribution in [0.5, 0.6) is 0 Å². The van der Waals surface area contributed by atoms with Crippen LogP contribution in [0, 0.1) is 5.92 Å². The Balaban J connectivity index is 1.54. The summed E-state index contributed by atoms with van der Waals surface area (Å²) >= 11 is 5.98. The van der Waals surface area contributed by atoms with E-state index in [-0.39, 0.29) is 19.6 Å². The van der Waals surface area contributed by atoms with E-state index in [1.165, 1.54) is 6.07 Å². The molecule has 1 fully saturated rings. The van der Waals surface area contributed by atoms with Crippen LogP contribution in [0.3, 0.4) is 0 Å². The van der Waals surface area contributed by atoms with E-state index in [1.54, 1.807) is 18.2 Å². The smallest absolute Gasteiger partial charge is 0.407 e. The third kappa shape index (κ3) is 8.27. The fourth-order valence-electron chi connectivity index (χ4n) is 4.12. The van der Waals surface area contributed by atoms with Crippen molar-refractivity contribution in [1.82, 2.24) is 16.0 Å². The predicted molar refractivity (Wildman–Crippen MR) is 133 cm³/mol. The SMILES string of the molecule is O=C(NCCC[C@H](NC(=O)c1cccc(Cl)c1)C(=O)N[C@H]1CCC[C@H]1C(=O)O)OCc1ccccc1. The minimum Gasteiger partial charge on any atom is -0.481 e. The van der Waals surface area contributed by atoms with Gasteiger partial charge in [-0.25, -0.2) is 4.79 Å². The van der Waals surface area contributed by atoms with Crippen LogP contribution in [0.25, 0.3) is 0 Å². The second-order valence-electron chi connectivity index (χ2n) is 8.66. The average molecular weight is 516 g/mol. The van der Waals surface area contributed by atoms with Crippen molar-refractivity contribution in [2.45, 2.75) is 50.8 Å². The van der Waals surface area contributed by atoms with Gasteiger partial charge in [-0.05, 0) is 49.4 Å². The molecular formula is C26H30ClN3O6. The summed E-state index contributed by atoms with van der Waals surface area (Å²) in [5.41, 5.74) is 1.16. The summed E-state index contributed by atoms with van der Waals surface area (Å²) in [6.45, 7) is 0.366. The molecule has 0 spiro atoms. The van der Waals surface area contributed by atoms with Gasteiger partial charge in [-0.1, -0.05) is 54.4 Å². The summed E-state index contributed by atoms with van der Waals surface area (Å²) in [4.78, 5) is 49.2. The predicted octanol–water partition coefficient (Wildman–Crippen LogP) is 3.51. The van der Waals surface area contributed by atoms with Crippen LogP contribution >= 0.6 is 11.6 Å². The Bertz CT molecular complexity index is 1060. The number of carboxylic acids is 1. The molecule has 4 N–H and O–H groups in total. The van der Waals surface area contributed by atoms with Crippen LogP contribution in [0.2, 0.25) is 5.02 Å². The monoisotopic (exact) mass is 515 g/mol. The van der Waals surface area contributed by atoms with Crippen molar-refractivity contribution in [3.05, 3.63) is 70.7 Å². The van der Waals surface area contributed by atoms with E-state index >= 15 is 0 Å². The highest BCUT2D eigenvalue weighted by molar-refractivity contribution is 6.31. The summed E-state index contributed by atoms with van der Waals surface area (Å²) in [7, 11) is 0. The highest BCUT2D eigenvalue weighted by Crippen LogP contribution is 2.26. The number of carboxylic acid groups (broad SMARTS) is 1. The number of carbonyl (C=O) groups excluding carboxylic acids is 3. The summed E-state index contributed by atoms with van der Waals surface area (Å²) in [6.07, 6.45) is 1.78. The zero-order chi connectivity index (χ0) is 25.9. The highest BCUT2D eigenvalue weighted by atomic mass is 35.5. The number of ether oxygens (including phenoxy) is 1. The Morgan fingerprint density at radius 1 is 1.06 bits per heavy atom. The average Bonchev–Trinajstić information content (AvgIpc) is 3.33. The molecular weight excluding hydrogens is 486 g/mol. The maximum atomic E-state index is 13.0. The molecule has 0 bridgehead atoms. The van der Waals surface area contributed by atoms with Crippen molar-refractivity contribution >= 4 is 35.5 Å². The summed E-state index contributed by atoms with van der Waals surface area (Å²) in [5.74, 6) is -2.54. The molecule has 0 unspecified atom stereocenters. The molecule has 1 aliphatic rings. The Kier molecular flexibility index (Phi) is 10.1. The first-order valence-corrected chi connectivity index (χ1v) is 12.3. The number of alkyl carbamates (subject to hydrolysis) is 1. The summed E-state index contributed by atoms with van der Waals surface area (Å²) in [6, 6.07) is 14.2. The van der Waals surface area contributed by atoms with E-state index in [0.717, 1.165) is 5.56 Å². The molecule has 9 nitrogen and oxygen atoms in total. The van der Waals surface area contributed by atoms with Gasteiger partial charge in [-0.2, -0.15) is 0 Å². The first kappa shape index (κ1) is 27.0. The van der Waals surface area contributed by atoms with Crippen LogP contribution in [0.4, 0.5) is 4.79 Å². The normalized spacial score (nSPS) is 17.6. The van der Waals surface area contributed by atoms with Gasteiger partial charge in [0.15, 0.2) is 0 Å². The molecule has 3 amide bonds. The number of nitrogens with one attached hydrogen (secondary N) is 3. The zero-order valence-corrected chi connectivity index (χ0v) is 20.5. The van der Waals surface area contributed by atoms with Crippen molar-refractivity contribution in [3.63, 3.8) is 0 Å². The number of benzene rings is 2. The number of halogens is 1. The first-order valence-electron chi connectivity index (χ1n) is 11.9. The third-order valence-corrected chi connectivity index (χ3v) is 6.26. The van der Waals surface area contributed by atoms with E-state index in [1.807, 2.05) is 30.3 Å². The van der Waals surface area contributed by atoms with Gasteiger partial charge in [0.1, 0.15) is 12.6 Å². The zero-order valence-electron chi connectivity index (χ0n) is 19.7. The summed E-state index contributed by atoms with van der Waals surface area (Å²) in [5, 5.41) is 17.9.